The molecule has 0 unspecified atom stereocenters. The van der Waals surface area contributed by atoms with E-state index in [1.807, 2.05) is 0 Å². The van der Waals surface area contributed by atoms with E-state index in [9.17, 15) is 0 Å². The molecule has 0 saturated carbocycles. The predicted octanol–water partition coefficient (Wildman–Crippen LogP) is 16.4. The van der Waals surface area contributed by atoms with Gasteiger partial charge >= 0.3 is 0 Å². The Morgan fingerprint density at radius 1 is 0.406 bits per heavy atom. The normalized spacial score (nSPS) is 15.0. The van der Waals surface area contributed by atoms with E-state index in [1.165, 1.54) is 55.6 Å². The average molecular weight is 823 g/mol. The summed E-state index contributed by atoms with van der Waals surface area (Å²) in [6.07, 6.45) is 0. The summed E-state index contributed by atoms with van der Waals surface area (Å²) < 4.78 is 16.9. The van der Waals surface area contributed by atoms with E-state index in [4.69, 9.17) is 9.47 Å². The molecule has 0 bridgehead atoms. The Hall–Kier alpha value is -7.82. The lowest BCUT2D eigenvalue weighted by Crippen LogP contribution is -2.21. The van der Waals surface area contributed by atoms with Crippen molar-refractivity contribution in [1.29, 1.82) is 0 Å². The van der Waals surface area contributed by atoms with Crippen LogP contribution >= 0.6 is 0 Å². The number of rotatable bonds is 3. The number of nitrogens with zero attached hydrogens (tertiary/aromatic N) is 2. The Kier molecular flexibility index (Phi) is 6.94. The van der Waals surface area contributed by atoms with Crippen LogP contribution in [0.15, 0.2) is 182 Å². The summed E-state index contributed by atoms with van der Waals surface area (Å²) in [5, 5.41) is 2.22. The van der Waals surface area contributed by atoms with Crippen LogP contribution in [-0.2, 0) is 10.8 Å². The fourth-order valence-electron chi connectivity index (χ4n) is 11.8. The first-order valence-electron chi connectivity index (χ1n) is 22.3. The first-order chi connectivity index (χ1) is 31.3. The molecular weight excluding hydrogens is 781 g/mol. The van der Waals surface area contributed by atoms with Gasteiger partial charge in [-0.2, -0.15) is 0 Å². The van der Waals surface area contributed by atoms with Crippen molar-refractivity contribution in [3.63, 3.8) is 0 Å². The second kappa shape index (κ2) is 12.4. The Labute approximate surface area is 372 Å². The molecule has 9 aromatic carbocycles. The van der Waals surface area contributed by atoms with Crippen molar-refractivity contribution in [2.75, 3.05) is 4.90 Å². The van der Waals surface area contributed by atoms with Gasteiger partial charge in [0, 0.05) is 27.3 Å². The van der Waals surface area contributed by atoms with Crippen molar-refractivity contribution in [2.45, 2.75) is 38.5 Å². The molecule has 2 aliphatic heterocycles. The molecule has 0 saturated heterocycles. The number of hydrogen-bond donors (Lipinski definition) is 0. The van der Waals surface area contributed by atoms with E-state index < -0.39 is 0 Å². The third kappa shape index (κ3) is 4.57. The molecule has 304 valence electrons. The average Bonchev–Trinajstić information content (AvgIpc) is 3.88. The van der Waals surface area contributed by atoms with Crippen molar-refractivity contribution < 1.29 is 9.47 Å². The molecule has 3 heterocycles. The fraction of sp³-hybridized carbons (Fsp3) is 0.100. The molecule has 1 aromatic heterocycles. The lowest BCUT2D eigenvalue weighted by atomic mass is 9.82. The number of hydrogen-bond acceptors (Lipinski definition) is 3. The van der Waals surface area contributed by atoms with E-state index >= 15 is 0 Å². The van der Waals surface area contributed by atoms with Gasteiger partial charge in [0.25, 0.3) is 0 Å². The van der Waals surface area contributed by atoms with E-state index in [2.05, 4.69) is 219 Å². The quantitative estimate of drug-likeness (QED) is 0.178. The zero-order valence-corrected chi connectivity index (χ0v) is 36.0. The van der Waals surface area contributed by atoms with Crippen molar-refractivity contribution in [3.05, 3.63) is 204 Å². The number of ether oxygens (including phenoxy) is 2. The smallest absolute Gasteiger partial charge is 0.180 e. The molecule has 4 heteroatoms. The van der Waals surface area contributed by atoms with Gasteiger partial charge in [0.2, 0.25) is 0 Å². The maximum absolute atomic E-state index is 7.39. The van der Waals surface area contributed by atoms with Gasteiger partial charge in [-0.15, -0.1) is 0 Å². The van der Waals surface area contributed by atoms with Crippen molar-refractivity contribution in [2.24, 2.45) is 0 Å². The standard InChI is InChI=1S/C60H42N2O2/c1-59(2)44-23-11-8-19-41(44)54-38(21-14-25-46(54)59)35-28-30-49-51(32-35)63-53-34-43-40-18-10-13-27-48(40)61(37-16-6-5-7-17-37)56(43)58-57(53)62(49)50-31-29-36(33-52(50)64-58)39-22-15-26-47-55(39)42-20-9-12-24-45(42)60(47,3)4/h5-34H,1-4H3. The predicted molar refractivity (Wildman–Crippen MR) is 262 cm³/mol. The van der Waals surface area contributed by atoms with Gasteiger partial charge in [0.15, 0.2) is 23.0 Å². The Bertz CT molecular complexity index is 3670. The molecule has 10 aromatic rings. The molecule has 64 heavy (non-hydrogen) atoms. The number of aromatic nitrogens is 1. The van der Waals surface area contributed by atoms with E-state index in [1.54, 1.807) is 0 Å². The Balaban J connectivity index is 1.01. The SMILES string of the molecule is CC1(C)c2ccccc2-c2c(-c3ccc4c(c3)Oc3cc5c6ccccc6n(-c6ccccc6)c5c5c3N4c3ccc(-c4cccc6c4-c4ccccc4C6(C)C)cc3O5)cccc21. The highest BCUT2D eigenvalue weighted by Crippen LogP contribution is 2.64. The topological polar surface area (TPSA) is 26.6 Å². The summed E-state index contributed by atoms with van der Waals surface area (Å²) in [4.78, 5) is 2.38. The number of para-hydroxylation sites is 2. The Morgan fingerprint density at radius 3 is 1.55 bits per heavy atom. The van der Waals surface area contributed by atoms with Crippen LogP contribution in [0.4, 0.5) is 17.1 Å². The summed E-state index contributed by atoms with van der Waals surface area (Å²) in [5.41, 5.74) is 21.1. The highest BCUT2D eigenvalue weighted by atomic mass is 16.5. The van der Waals surface area contributed by atoms with Crippen molar-refractivity contribution >= 4 is 38.9 Å². The second-order valence-corrected chi connectivity index (χ2v) is 18.8. The minimum atomic E-state index is -0.103. The highest BCUT2D eigenvalue weighted by molar-refractivity contribution is 6.16. The lowest BCUT2D eigenvalue weighted by Gasteiger charge is -2.38. The third-order valence-electron chi connectivity index (χ3n) is 14.8. The first kappa shape index (κ1) is 35.7. The molecule has 4 aliphatic rings. The van der Waals surface area contributed by atoms with Gasteiger partial charge < -0.3 is 14.0 Å². The van der Waals surface area contributed by atoms with Crippen LogP contribution in [0, 0.1) is 0 Å². The summed E-state index contributed by atoms with van der Waals surface area (Å²) in [6.45, 7) is 9.37. The Morgan fingerprint density at radius 2 is 0.922 bits per heavy atom. The number of anilines is 3. The van der Waals surface area contributed by atoms with Gasteiger partial charge in [-0.1, -0.05) is 161 Å². The summed E-state index contributed by atoms with van der Waals surface area (Å²) in [7, 11) is 0. The van der Waals surface area contributed by atoms with Gasteiger partial charge in [-0.05, 0) is 115 Å². The minimum Gasteiger partial charge on any atom is -0.453 e. The molecule has 0 radical (unpaired) electrons. The zero-order chi connectivity index (χ0) is 42.6. The minimum absolute atomic E-state index is 0.0952. The van der Waals surface area contributed by atoms with Crippen molar-refractivity contribution in [1.82, 2.24) is 4.57 Å². The van der Waals surface area contributed by atoms with Gasteiger partial charge in [0.05, 0.1) is 22.4 Å². The summed E-state index contributed by atoms with van der Waals surface area (Å²) >= 11 is 0. The molecule has 0 spiro atoms. The summed E-state index contributed by atoms with van der Waals surface area (Å²) in [5.74, 6) is 3.15. The van der Waals surface area contributed by atoms with Gasteiger partial charge in [-0.3, -0.25) is 4.90 Å². The largest absolute Gasteiger partial charge is 0.453 e. The molecule has 0 atom stereocenters. The van der Waals surface area contributed by atoms with E-state index in [-0.39, 0.29) is 10.8 Å². The molecule has 14 rings (SSSR count). The van der Waals surface area contributed by atoms with E-state index in [0.29, 0.717) is 0 Å². The van der Waals surface area contributed by atoms with E-state index in [0.717, 1.165) is 78.7 Å². The molecule has 2 aliphatic carbocycles. The van der Waals surface area contributed by atoms with Crippen LogP contribution in [-0.4, -0.2) is 4.57 Å². The molecular formula is C60H42N2O2. The highest BCUT2D eigenvalue weighted by Gasteiger charge is 2.41. The van der Waals surface area contributed by atoms with Crippen LogP contribution < -0.4 is 14.4 Å². The second-order valence-electron chi connectivity index (χ2n) is 18.8. The van der Waals surface area contributed by atoms with Crippen molar-refractivity contribution in [3.8, 4) is 73.2 Å². The molecule has 0 amide bonds. The molecule has 4 nitrogen and oxygen atoms in total. The first-order valence-corrected chi connectivity index (χ1v) is 22.3. The van der Waals surface area contributed by atoms with Gasteiger partial charge in [-0.25, -0.2) is 0 Å². The molecule has 0 N–H and O–H groups in total. The lowest BCUT2D eigenvalue weighted by molar-refractivity contribution is 0.449. The van der Waals surface area contributed by atoms with Crippen LogP contribution in [0.3, 0.4) is 0 Å². The fourth-order valence-corrected chi connectivity index (χ4v) is 11.8. The van der Waals surface area contributed by atoms with Crippen LogP contribution in [0.1, 0.15) is 49.9 Å². The van der Waals surface area contributed by atoms with Gasteiger partial charge in [0.1, 0.15) is 5.69 Å². The summed E-state index contributed by atoms with van der Waals surface area (Å²) in [6, 6.07) is 66.3. The maximum Gasteiger partial charge on any atom is 0.180 e. The van der Waals surface area contributed by atoms with Crippen LogP contribution in [0.25, 0.3) is 72.0 Å². The maximum atomic E-state index is 7.39. The monoisotopic (exact) mass is 822 g/mol. The third-order valence-corrected chi connectivity index (χ3v) is 14.8. The molecule has 0 fully saturated rings. The number of benzene rings is 9. The number of fused-ring (bicyclic) bond motifs is 14. The van der Waals surface area contributed by atoms with Crippen LogP contribution in [0.5, 0.6) is 23.0 Å². The zero-order valence-electron chi connectivity index (χ0n) is 36.0. The van der Waals surface area contributed by atoms with Crippen LogP contribution in [0.2, 0.25) is 0 Å².